The van der Waals surface area contributed by atoms with Gasteiger partial charge in [-0.25, -0.2) is 4.79 Å². The third kappa shape index (κ3) is 4.87. The van der Waals surface area contributed by atoms with Crippen LogP contribution in [-0.4, -0.2) is 41.8 Å². The van der Waals surface area contributed by atoms with E-state index >= 15 is 0 Å². The maximum absolute atomic E-state index is 12.5. The zero-order valence-corrected chi connectivity index (χ0v) is 18.0. The third-order valence-corrected chi connectivity index (χ3v) is 5.68. The van der Waals surface area contributed by atoms with E-state index in [4.69, 9.17) is 9.84 Å². The summed E-state index contributed by atoms with van der Waals surface area (Å²) in [4.78, 5) is 36.0. The summed E-state index contributed by atoms with van der Waals surface area (Å²) in [5, 5.41) is 14.3. The summed E-state index contributed by atoms with van der Waals surface area (Å²) in [7, 11) is 0. The molecule has 1 unspecified atom stereocenters. The van der Waals surface area contributed by atoms with Gasteiger partial charge >= 0.3 is 12.1 Å². The average molecular weight is 424 g/mol. The molecule has 2 aromatic carbocycles. The van der Waals surface area contributed by atoms with Crippen molar-refractivity contribution in [1.82, 2.24) is 10.6 Å². The number of carbonyl (C=O) groups is 3. The van der Waals surface area contributed by atoms with Gasteiger partial charge in [-0.1, -0.05) is 55.5 Å². The van der Waals surface area contributed by atoms with Crippen LogP contribution in [0.2, 0.25) is 0 Å². The number of carbonyl (C=O) groups excluding carboxylic acids is 2. The Morgan fingerprint density at radius 1 is 1.03 bits per heavy atom. The second kappa shape index (κ2) is 9.20. The summed E-state index contributed by atoms with van der Waals surface area (Å²) in [6, 6.07) is 16.1. The van der Waals surface area contributed by atoms with E-state index in [1.54, 1.807) is 20.8 Å². The number of benzene rings is 2. The Morgan fingerprint density at radius 3 is 2.10 bits per heavy atom. The maximum Gasteiger partial charge on any atom is 0.408 e. The van der Waals surface area contributed by atoms with Crippen molar-refractivity contribution in [2.75, 3.05) is 13.2 Å². The fourth-order valence-corrected chi connectivity index (χ4v) is 3.79. The predicted molar refractivity (Wildman–Crippen MR) is 117 cm³/mol. The van der Waals surface area contributed by atoms with Gasteiger partial charge in [0.15, 0.2) is 0 Å². The van der Waals surface area contributed by atoms with Crippen molar-refractivity contribution in [1.29, 1.82) is 0 Å². The number of alkyl carbamates (subject to hydrolysis) is 1. The monoisotopic (exact) mass is 424 g/mol. The van der Waals surface area contributed by atoms with Gasteiger partial charge in [-0.15, -0.1) is 0 Å². The Balaban J connectivity index is 1.60. The molecule has 0 heterocycles. The van der Waals surface area contributed by atoms with Crippen molar-refractivity contribution in [2.24, 2.45) is 5.92 Å². The number of carboxylic acids is 1. The van der Waals surface area contributed by atoms with Crippen LogP contribution in [0.25, 0.3) is 11.1 Å². The van der Waals surface area contributed by atoms with Gasteiger partial charge in [0.1, 0.15) is 12.1 Å². The van der Waals surface area contributed by atoms with Crippen molar-refractivity contribution in [3.05, 3.63) is 59.7 Å². The highest BCUT2D eigenvalue weighted by atomic mass is 16.5. The zero-order valence-electron chi connectivity index (χ0n) is 18.0. The first kappa shape index (κ1) is 22.3. The zero-order chi connectivity index (χ0) is 22.6. The largest absolute Gasteiger partial charge is 0.481 e. The van der Waals surface area contributed by atoms with Gasteiger partial charge in [0.05, 0.1) is 5.92 Å². The average Bonchev–Trinajstić information content (AvgIpc) is 3.06. The van der Waals surface area contributed by atoms with Gasteiger partial charge in [0.2, 0.25) is 5.91 Å². The minimum absolute atomic E-state index is 0.000463. The number of ether oxygens (including phenoxy) is 1. The molecule has 2 amide bonds. The van der Waals surface area contributed by atoms with E-state index in [2.05, 4.69) is 22.8 Å². The molecular weight excluding hydrogens is 396 g/mol. The SMILES string of the molecule is CCC(CNC(=O)C(C)(C)NC(=O)OCC1c2ccccc2-c2ccccc21)C(=O)O. The Morgan fingerprint density at radius 2 is 1.58 bits per heavy atom. The van der Waals surface area contributed by atoms with Crippen LogP contribution in [0.4, 0.5) is 4.79 Å². The standard InChI is InChI=1S/C24H28N2O5/c1-4-15(21(27)28)13-25-22(29)24(2,3)26-23(30)31-14-20-18-11-7-5-9-16(18)17-10-6-8-12-19(17)20/h5-12,15,20H,4,13-14H2,1-3H3,(H,25,29)(H,26,30)(H,27,28). The molecule has 164 valence electrons. The van der Waals surface area contributed by atoms with E-state index in [9.17, 15) is 14.4 Å². The lowest BCUT2D eigenvalue weighted by Gasteiger charge is -2.26. The highest BCUT2D eigenvalue weighted by Gasteiger charge is 2.33. The van der Waals surface area contributed by atoms with Gasteiger partial charge in [0.25, 0.3) is 0 Å². The van der Waals surface area contributed by atoms with E-state index in [0.717, 1.165) is 22.3 Å². The summed E-state index contributed by atoms with van der Waals surface area (Å²) in [6.45, 7) is 4.98. The minimum atomic E-state index is -1.25. The molecule has 0 radical (unpaired) electrons. The van der Waals surface area contributed by atoms with Crippen molar-refractivity contribution in [2.45, 2.75) is 38.6 Å². The number of nitrogens with one attached hydrogen (secondary N) is 2. The number of hydrogen-bond acceptors (Lipinski definition) is 4. The van der Waals surface area contributed by atoms with Crippen molar-refractivity contribution in [3.63, 3.8) is 0 Å². The van der Waals surface area contributed by atoms with Crippen LogP contribution in [0.3, 0.4) is 0 Å². The van der Waals surface area contributed by atoms with E-state index in [-0.39, 0.29) is 19.1 Å². The lowest BCUT2D eigenvalue weighted by molar-refractivity contribution is -0.141. The first-order chi connectivity index (χ1) is 14.7. The fraction of sp³-hybridized carbons (Fsp3) is 0.375. The Bertz CT molecular complexity index is 940. The molecule has 1 aliphatic carbocycles. The molecule has 1 atom stereocenters. The summed E-state index contributed by atoms with van der Waals surface area (Å²) in [6.07, 6.45) is -0.303. The summed E-state index contributed by atoms with van der Waals surface area (Å²) < 4.78 is 5.49. The summed E-state index contributed by atoms with van der Waals surface area (Å²) in [5.41, 5.74) is 3.23. The molecule has 0 aliphatic heterocycles. The Labute approximate surface area is 181 Å². The molecule has 0 aromatic heterocycles. The second-order valence-corrected chi connectivity index (χ2v) is 8.23. The molecule has 0 fully saturated rings. The smallest absolute Gasteiger partial charge is 0.408 e. The van der Waals surface area contributed by atoms with Crippen molar-refractivity contribution < 1.29 is 24.2 Å². The molecule has 0 saturated heterocycles. The molecule has 2 aromatic rings. The van der Waals surface area contributed by atoms with Gasteiger partial charge in [-0.3, -0.25) is 9.59 Å². The highest BCUT2D eigenvalue weighted by molar-refractivity contribution is 5.89. The number of rotatable bonds is 8. The minimum Gasteiger partial charge on any atom is -0.481 e. The first-order valence-electron chi connectivity index (χ1n) is 10.4. The fourth-order valence-electron chi connectivity index (χ4n) is 3.79. The quantitative estimate of drug-likeness (QED) is 0.601. The van der Waals surface area contributed by atoms with Gasteiger partial charge in [-0.05, 0) is 42.5 Å². The molecule has 7 heteroatoms. The molecule has 0 spiro atoms. The maximum atomic E-state index is 12.5. The molecule has 1 aliphatic rings. The molecule has 31 heavy (non-hydrogen) atoms. The third-order valence-electron chi connectivity index (χ3n) is 5.68. The van der Waals surface area contributed by atoms with Gasteiger partial charge in [-0.2, -0.15) is 0 Å². The van der Waals surface area contributed by atoms with E-state index in [1.807, 2.05) is 36.4 Å². The van der Waals surface area contributed by atoms with Crippen molar-refractivity contribution >= 4 is 18.0 Å². The number of carboxylic acid groups (broad SMARTS) is 1. The van der Waals surface area contributed by atoms with Gasteiger partial charge in [0, 0.05) is 12.5 Å². The van der Waals surface area contributed by atoms with Crippen LogP contribution in [-0.2, 0) is 14.3 Å². The molecular formula is C24H28N2O5. The highest BCUT2D eigenvalue weighted by Crippen LogP contribution is 2.44. The second-order valence-electron chi connectivity index (χ2n) is 8.23. The van der Waals surface area contributed by atoms with E-state index in [1.165, 1.54) is 0 Å². The number of hydrogen-bond donors (Lipinski definition) is 3. The predicted octanol–water partition coefficient (Wildman–Crippen LogP) is 3.53. The number of amides is 2. The van der Waals surface area contributed by atoms with Crippen LogP contribution >= 0.6 is 0 Å². The van der Waals surface area contributed by atoms with Gasteiger partial charge < -0.3 is 20.5 Å². The molecule has 0 bridgehead atoms. The molecule has 3 N–H and O–H groups in total. The van der Waals surface area contributed by atoms with Crippen LogP contribution in [0, 0.1) is 5.92 Å². The number of fused-ring (bicyclic) bond motifs is 3. The summed E-state index contributed by atoms with van der Waals surface area (Å²) >= 11 is 0. The first-order valence-corrected chi connectivity index (χ1v) is 10.4. The van der Waals surface area contributed by atoms with Crippen molar-refractivity contribution in [3.8, 4) is 11.1 Å². The Hall–Kier alpha value is -3.35. The molecule has 0 saturated carbocycles. The topological polar surface area (TPSA) is 105 Å². The van der Waals surface area contributed by atoms with Crippen LogP contribution in [0.1, 0.15) is 44.2 Å². The van der Waals surface area contributed by atoms with Crippen LogP contribution in [0.15, 0.2) is 48.5 Å². The van der Waals surface area contributed by atoms with E-state index < -0.39 is 29.4 Å². The van der Waals surface area contributed by atoms with Crippen LogP contribution in [0.5, 0.6) is 0 Å². The number of aliphatic carboxylic acids is 1. The molecule has 7 nitrogen and oxygen atoms in total. The lowest BCUT2D eigenvalue weighted by Crippen LogP contribution is -2.55. The summed E-state index contributed by atoms with van der Waals surface area (Å²) in [5.74, 6) is -2.18. The lowest BCUT2D eigenvalue weighted by atomic mass is 9.98. The Kier molecular flexibility index (Phi) is 6.63. The van der Waals surface area contributed by atoms with E-state index in [0.29, 0.717) is 6.42 Å². The van der Waals surface area contributed by atoms with Crippen LogP contribution < -0.4 is 10.6 Å². The molecule has 3 rings (SSSR count). The normalized spacial score (nSPS) is 13.6.